The van der Waals surface area contributed by atoms with E-state index in [1.54, 1.807) is 11.3 Å². The maximum Gasteiger partial charge on any atom is 0.231 e. The Morgan fingerprint density at radius 1 is 0.964 bits per heavy atom. The van der Waals surface area contributed by atoms with Gasteiger partial charge in [0.25, 0.3) is 0 Å². The number of fused-ring (bicyclic) bond motifs is 1. The second-order valence-corrected chi connectivity index (χ2v) is 7.93. The van der Waals surface area contributed by atoms with Crippen LogP contribution in [0.25, 0.3) is 11.3 Å². The van der Waals surface area contributed by atoms with E-state index in [4.69, 9.17) is 14.5 Å². The van der Waals surface area contributed by atoms with Gasteiger partial charge in [-0.2, -0.15) is 0 Å². The Hall–Kier alpha value is -2.77. The molecular weight excluding hydrogens is 372 g/mol. The number of thiazole rings is 1. The van der Waals surface area contributed by atoms with Crippen molar-refractivity contribution >= 4 is 27.8 Å². The number of aromatic nitrogens is 1. The zero-order chi connectivity index (χ0) is 18.9. The van der Waals surface area contributed by atoms with Crippen LogP contribution in [0.4, 0.5) is 16.5 Å². The number of rotatable bonds is 4. The second-order valence-electron chi connectivity index (χ2n) is 7.07. The fourth-order valence-electron chi connectivity index (χ4n) is 3.47. The predicted octanol–water partition coefficient (Wildman–Crippen LogP) is 4.03. The molecule has 0 aliphatic carbocycles. The Morgan fingerprint density at radius 3 is 2.57 bits per heavy atom. The molecule has 2 aliphatic rings. The van der Waals surface area contributed by atoms with Gasteiger partial charge in [-0.3, -0.25) is 0 Å². The molecule has 5 rings (SSSR count). The first-order chi connectivity index (χ1) is 13.7. The summed E-state index contributed by atoms with van der Waals surface area (Å²) in [4.78, 5) is 9.55. The zero-order valence-electron chi connectivity index (χ0n) is 15.7. The molecule has 2 aliphatic heterocycles. The van der Waals surface area contributed by atoms with Crippen LogP contribution in [0, 0.1) is 0 Å². The molecule has 0 unspecified atom stereocenters. The highest BCUT2D eigenvalue weighted by atomic mass is 32.1. The van der Waals surface area contributed by atoms with Gasteiger partial charge in [0.1, 0.15) is 0 Å². The number of hydrogen-bond donors (Lipinski definition) is 1. The minimum atomic E-state index is 0.282. The summed E-state index contributed by atoms with van der Waals surface area (Å²) < 4.78 is 10.8. The highest BCUT2D eigenvalue weighted by Gasteiger charge is 2.15. The molecule has 0 spiro atoms. The number of nitrogens with one attached hydrogen (secondary N) is 1. The van der Waals surface area contributed by atoms with Gasteiger partial charge >= 0.3 is 0 Å². The van der Waals surface area contributed by atoms with Crippen LogP contribution >= 0.6 is 11.3 Å². The lowest BCUT2D eigenvalue weighted by atomic mass is 10.1. The summed E-state index contributed by atoms with van der Waals surface area (Å²) in [5.41, 5.74) is 4.34. The molecule has 0 radical (unpaired) electrons. The second kappa shape index (κ2) is 7.33. The largest absolute Gasteiger partial charge is 0.454 e. The van der Waals surface area contributed by atoms with Gasteiger partial charge < -0.3 is 24.6 Å². The minimum absolute atomic E-state index is 0.282. The Kier molecular flexibility index (Phi) is 4.54. The summed E-state index contributed by atoms with van der Waals surface area (Å²) in [5, 5.41) is 6.29. The van der Waals surface area contributed by atoms with Crippen LogP contribution in [0.1, 0.15) is 0 Å². The lowest BCUT2D eigenvalue weighted by Crippen LogP contribution is -2.44. The topological polar surface area (TPSA) is 49.9 Å². The standard InChI is InChI=1S/C21H22N4O2S/c1-24-8-10-25(11-9-24)17-5-2-15(3-6-17)18-13-28-21(23-18)22-16-4-7-19-20(12-16)27-14-26-19/h2-7,12-13H,8-11,14H2,1H3,(H,22,23). The van der Waals surface area contributed by atoms with Gasteiger partial charge in [0.15, 0.2) is 16.6 Å². The number of nitrogens with zero attached hydrogens (tertiary/aromatic N) is 3. The first kappa shape index (κ1) is 17.3. The van der Waals surface area contributed by atoms with Gasteiger partial charge in [-0.25, -0.2) is 4.98 Å². The third kappa shape index (κ3) is 3.50. The van der Waals surface area contributed by atoms with E-state index in [0.717, 1.165) is 59.8 Å². The molecule has 1 fully saturated rings. The van der Waals surface area contributed by atoms with Crippen LogP contribution in [0.15, 0.2) is 47.8 Å². The molecule has 7 heteroatoms. The van der Waals surface area contributed by atoms with Crippen LogP contribution in [0.3, 0.4) is 0 Å². The minimum Gasteiger partial charge on any atom is -0.454 e. The maximum absolute atomic E-state index is 5.43. The molecule has 3 aromatic rings. The summed E-state index contributed by atoms with van der Waals surface area (Å²) in [5.74, 6) is 1.55. The van der Waals surface area contributed by atoms with Crippen LogP contribution in [0.5, 0.6) is 11.5 Å². The smallest absolute Gasteiger partial charge is 0.231 e. The van der Waals surface area contributed by atoms with Crippen molar-refractivity contribution in [2.24, 2.45) is 0 Å². The molecule has 1 saturated heterocycles. The van der Waals surface area contributed by atoms with E-state index < -0.39 is 0 Å². The predicted molar refractivity (Wildman–Crippen MR) is 113 cm³/mol. The normalized spacial score (nSPS) is 16.4. The van der Waals surface area contributed by atoms with Crippen molar-refractivity contribution in [2.75, 3.05) is 50.2 Å². The third-order valence-electron chi connectivity index (χ3n) is 5.16. The first-order valence-electron chi connectivity index (χ1n) is 9.41. The fraction of sp³-hybridized carbons (Fsp3) is 0.286. The lowest BCUT2D eigenvalue weighted by molar-refractivity contribution is 0.174. The lowest BCUT2D eigenvalue weighted by Gasteiger charge is -2.34. The van der Waals surface area contributed by atoms with Crippen molar-refractivity contribution in [3.63, 3.8) is 0 Å². The summed E-state index contributed by atoms with van der Waals surface area (Å²) >= 11 is 1.59. The van der Waals surface area contributed by atoms with Gasteiger partial charge in [0, 0.05) is 54.6 Å². The van der Waals surface area contributed by atoms with Crippen molar-refractivity contribution < 1.29 is 9.47 Å². The van der Waals surface area contributed by atoms with Gasteiger partial charge in [-0.05, 0) is 31.3 Å². The Morgan fingerprint density at radius 2 is 1.75 bits per heavy atom. The van der Waals surface area contributed by atoms with Gasteiger partial charge in [-0.15, -0.1) is 11.3 Å². The average molecular weight is 395 g/mol. The number of anilines is 3. The van der Waals surface area contributed by atoms with E-state index in [9.17, 15) is 0 Å². The Labute approximate surface area is 168 Å². The number of piperazine rings is 1. The van der Waals surface area contributed by atoms with E-state index >= 15 is 0 Å². The third-order valence-corrected chi connectivity index (χ3v) is 5.92. The number of likely N-dealkylation sites (N-methyl/N-ethyl adjacent to an activating group) is 1. The molecule has 0 atom stereocenters. The fourth-order valence-corrected chi connectivity index (χ4v) is 4.21. The molecule has 3 heterocycles. The van der Waals surface area contributed by atoms with Gasteiger partial charge in [0.05, 0.1) is 5.69 Å². The van der Waals surface area contributed by atoms with E-state index in [1.807, 2.05) is 18.2 Å². The molecule has 28 heavy (non-hydrogen) atoms. The molecule has 1 aromatic heterocycles. The molecule has 0 bridgehead atoms. The van der Waals surface area contributed by atoms with Crippen LogP contribution in [-0.2, 0) is 0 Å². The Balaban J connectivity index is 1.28. The van der Waals surface area contributed by atoms with Crippen molar-refractivity contribution in [1.29, 1.82) is 0 Å². The number of hydrogen-bond acceptors (Lipinski definition) is 7. The summed E-state index contributed by atoms with van der Waals surface area (Å²) in [6, 6.07) is 14.5. The van der Waals surface area contributed by atoms with E-state index in [0.29, 0.717) is 0 Å². The summed E-state index contributed by atoms with van der Waals surface area (Å²) in [6.07, 6.45) is 0. The molecule has 6 nitrogen and oxygen atoms in total. The highest BCUT2D eigenvalue weighted by molar-refractivity contribution is 7.14. The van der Waals surface area contributed by atoms with Crippen molar-refractivity contribution in [1.82, 2.24) is 9.88 Å². The van der Waals surface area contributed by atoms with Crippen LogP contribution in [0.2, 0.25) is 0 Å². The van der Waals surface area contributed by atoms with Gasteiger partial charge in [-0.1, -0.05) is 12.1 Å². The van der Waals surface area contributed by atoms with E-state index in [1.165, 1.54) is 5.69 Å². The number of ether oxygens (including phenoxy) is 2. The maximum atomic E-state index is 5.43. The average Bonchev–Trinajstić information content (AvgIpc) is 3.38. The quantitative estimate of drug-likeness (QED) is 0.721. The summed E-state index contributed by atoms with van der Waals surface area (Å²) in [6.45, 7) is 4.67. The SMILES string of the molecule is CN1CCN(c2ccc(-c3csc(Nc4ccc5c(c4)OCO5)n3)cc2)CC1. The van der Waals surface area contributed by atoms with Crippen molar-refractivity contribution in [2.45, 2.75) is 0 Å². The van der Waals surface area contributed by atoms with Crippen molar-refractivity contribution in [3.8, 4) is 22.8 Å². The van der Waals surface area contributed by atoms with Gasteiger partial charge in [0.2, 0.25) is 6.79 Å². The highest BCUT2D eigenvalue weighted by Crippen LogP contribution is 2.36. The summed E-state index contributed by atoms with van der Waals surface area (Å²) in [7, 11) is 2.18. The van der Waals surface area contributed by atoms with E-state index in [2.05, 4.69) is 51.8 Å². The molecule has 1 N–H and O–H groups in total. The molecule has 2 aromatic carbocycles. The number of benzene rings is 2. The molecule has 0 saturated carbocycles. The van der Waals surface area contributed by atoms with Crippen LogP contribution < -0.4 is 19.7 Å². The molecule has 144 valence electrons. The monoisotopic (exact) mass is 394 g/mol. The van der Waals surface area contributed by atoms with Crippen LogP contribution in [-0.4, -0.2) is 49.9 Å². The Bertz CT molecular complexity index is 965. The van der Waals surface area contributed by atoms with E-state index in [-0.39, 0.29) is 6.79 Å². The molecule has 0 amide bonds. The van der Waals surface area contributed by atoms with Crippen molar-refractivity contribution in [3.05, 3.63) is 47.8 Å². The zero-order valence-corrected chi connectivity index (χ0v) is 16.5. The molecular formula is C21H22N4O2S. The first-order valence-corrected chi connectivity index (χ1v) is 10.3.